The summed E-state index contributed by atoms with van der Waals surface area (Å²) in [6.45, 7) is 0. The van der Waals surface area contributed by atoms with Gasteiger partial charge in [0, 0.05) is 24.2 Å². The van der Waals surface area contributed by atoms with Gasteiger partial charge in [-0.2, -0.15) is 0 Å². The number of nitrogens with one attached hydrogen (secondary N) is 1. The summed E-state index contributed by atoms with van der Waals surface area (Å²) in [7, 11) is 0. The van der Waals surface area contributed by atoms with Crippen LogP contribution in [-0.2, 0) is 0 Å². The van der Waals surface area contributed by atoms with Crippen LogP contribution in [0.2, 0.25) is 0 Å². The summed E-state index contributed by atoms with van der Waals surface area (Å²) in [6.07, 6.45) is 2.73. The summed E-state index contributed by atoms with van der Waals surface area (Å²) in [6, 6.07) is 17.5. The second-order valence-corrected chi connectivity index (χ2v) is 5.79. The molecule has 0 spiro atoms. The fourth-order valence-electron chi connectivity index (χ4n) is 3.06. The number of non-ortho nitro benzene ring substituents is 1. The van der Waals surface area contributed by atoms with Crippen molar-refractivity contribution in [3.05, 3.63) is 76.5 Å². The van der Waals surface area contributed by atoms with E-state index in [0.29, 0.717) is 22.9 Å². The molecular formula is C18H15N3O2. The number of fused-ring (bicyclic) bond motifs is 1. The standard InChI is InChI=1S/C18H15N3O2/c22-21(23)17-9-8-15(18-13(17)7-4-10-19-18)20-16-11-14(16)12-5-2-1-3-6-12/h1-10,14,16,20H,11H2. The lowest BCUT2D eigenvalue weighted by atomic mass is 10.1. The van der Waals surface area contributed by atoms with Crippen molar-refractivity contribution in [2.45, 2.75) is 18.4 Å². The van der Waals surface area contributed by atoms with Gasteiger partial charge in [-0.3, -0.25) is 15.1 Å². The van der Waals surface area contributed by atoms with E-state index in [9.17, 15) is 10.1 Å². The van der Waals surface area contributed by atoms with Crippen LogP contribution in [0.25, 0.3) is 10.9 Å². The Morgan fingerprint density at radius 1 is 1.09 bits per heavy atom. The molecule has 23 heavy (non-hydrogen) atoms. The number of aromatic nitrogens is 1. The summed E-state index contributed by atoms with van der Waals surface area (Å²) in [5.41, 5.74) is 2.92. The third-order valence-corrected chi connectivity index (χ3v) is 4.30. The van der Waals surface area contributed by atoms with Crippen molar-refractivity contribution in [2.24, 2.45) is 0 Å². The van der Waals surface area contributed by atoms with Crippen LogP contribution in [0.4, 0.5) is 11.4 Å². The van der Waals surface area contributed by atoms with Crippen molar-refractivity contribution in [2.75, 3.05) is 5.32 Å². The second-order valence-electron chi connectivity index (χ2n) is 5.79. The zero-order chi connectivity index (χ0) is 15.8. The molecule has 1 aliphatic rings. The van der Waals surface area contributed by atoms with Gasteiger partial charge < -0.3 is 5.32 Å². The van der Waals surface area contributed by atoms with Crippen LogP contribution in [0.5, 0.6) is 0 Å². The van der Waals surface area contributed by atoms with E-state index >= 15 is 0 Å². The summed E-state index contributed by atoms with van der Waals surface area (Å²) in [4.78, 5) is 15.1. The number of nitrogens with zero attached hydrogens (tertiary/aromatic N) is 2. The average molecular weight is 305 g/mol. The van der Waals surface area contributed by atoms with Crippen molar-refractivity contribution >= 4 is 22.3 Å². The van der Waals surface area contributed by atoms with E-state index in [4.69, 9.17) is 0 Å². The first-order valence-electron chi connectivity index (χ1n) is 7.57. The first-order chi connectivity index (χ1) is 11.2. The van der Waals surface area contributed by atoms with Crippen LogP contribution >= 0.6 is 0 Å². The molecule has 1 fully saturated rings. The Labute approximate surface area is 133 Å². The Balaban J connectivity index is 1.64. The summed E-state index contributed by atoms with van der Waals surface area (Å²) < 4.78 is 0. The molecule has 1 aliphatic carbocycles. The topological polar surface area (TPSA) is 68.1 Å². The zero-order valence-electron chi connectivity index (χ0n) is 12.3. The molecule has 4 rings (SSSR count). The van der Waals surface area contributed by atoms with E-state index in [-0.39, 0.29) is 10.6 Å². The van der Waals surface area contributed by atoms with Crippen LogP contribution in [0, 0.1) is 10.1 Å². The molecule has 5 nitrogen and oxygen atoms in total. The van der Waals surface area contributed by atoms with E-state index < -0.39 is 0 Å². The molecule has 0 aliphatic heterocycles. The fraction of sp³-hybridized carbons (Fsp3) is 0.167. The lowest BCUT2D eigenvalue weighted by molar-refractivity contribution is -0.383. The SMILES string of the molecule is O=[N+]([O-])c1ccc(NC2CC2c2ccccc2)c2ncccc12. The Hall–Kier alpha value is -2.95. The molecule has 0 bridgehead atoms. The molecule has 0 radical (unpaired) electrons. The lowest BCUT2D eigenvalue weighted by Crippen LogP contribution is -2.05. The number of hydrogen-bond donors (Lipinski definition) is 1. The molecule has 2 unspecified atom stereocenters. The zero-order valence-corrected chi connectivity index (χ0v) is 12.3. The minimum atomic E-state index is -0.363. The third-order valence-electron chi connectivity index (χ3n) is 4.30. The number of nitro groups is 1. The highest BCUT2D eigenvalue weighted by Gasteiger charge is 2.38. The van der Waals surface area contributed by atoms with Crippen molar-refractivity contribution in [1.29, 1.82) is 0 Å². The van der Waals surface area contributed by atoms with Crippen LogP contribution in [0.1, 0.15) is 17.9 Å². The summed E-state index contributed by atoms with van der Waals surface area (Å²) >= 11 is 0. The molecule has 5 heteroatoms. The molecule has 0 saturated heterocycles. The molecule has 1 N–H and O–H groups in total. The van der Waals surface area contributed by atoms with E-state index in [2.05, 4.69) is 22.4 Å². The molecule has 3 aromatic rings. The minimum absolute atomic E-state index is 0.0917. The number of anilines is 1. The first kappa shape index (κ1) is 13.7. The van der Waals surface area contributed by atoms with Crippen LogP contribution in [0.15, 0.2) is 60.8 Å². The number of benzene rings is 2. The Morgan fingerprint density at radius 3 is 2.70 bits per heavy atom. The highest BCUT2D eigenvalue weighted by atomic mass is 16.6. The largest absolute Gasteiger partial charge is 0.380 e. The molecule has 2 aromatic carbocycles. The maximum atomic E-state index is 11.2. The van der Waals surface area contributed by atoms with E-state index in [0.717, 1.165) is 12.1 Å². The van der Waals surface area contributed by atoms with E-state index in [1.54, 1.807) is 30.5 Å². The van der Waals surface area contributed by atoms with Gasteiger partial charge in [0.25, 0.3) is 5.69 Å². The molecule has 1 heterocycles. The fourth-order valence-corrected chi connectivity index (χ4v) is 3.06. The molecule has 0 amide bonds. The monoisotopic (exact) mass is 305 g/mol. The van der Waals surface area contributed by atoms with Gasteiger partial charge in [0.05, 0.1) is 16.0 Å². The predicted molar refractivity (Wildman–Crippen MR) is 89.6 cm³/mol. The Bertz CT molecular complexity index is 880. The number of pyridine rings is 1. The molecular weight excluding hydrogens is 290 g/mol. The quantitative estimate of drug-likeness (QED) is 0.582. The predicted octanol–water partition coefficient (Wildman–Crippen LogP) is 4.11. The van der Waals surface area contributed by atoms with Gasteiger partial charge in [-0.15, -0.1) is 0 Å². The summed E-state index contributed by atoms with van der Waals surface area (Å²) in [5, 5.41) is 15.2. The molecule has 1 saturated carbocycles. The highest BCUT2D eigenvalue weighted by molar-refractivity contribution is 5.96. The minimum Gasteiger partial charge on any atom is -0.380 e. The van der Waals surface area contributed by atoms with Crippen LogP contribution in [0.3, 0.4) is 0 Å². The van der Waals surface area contributed by atoms with Gasteiger partial charge in [0.1, 0.15) is 5.52 Å². The van der Waals surface area contributed by atoms with Gasteiger partial charge in [0.15, 0.2) is 0 Å². The van der Waals surface area contributed by atoms with Crippen molar-refractivity contribution in [1.82, 2.24) is 4.98 Å². The lowest BCUT2D eigenvalue weighted by Gasteiger charge is -2.09. The maximum Gasteiger partial charge on any atom is 0.278 e. The average Bonchev–Trinajstić information content (AvgIpc) is 3.35. The smallest absolute Gasteiger partial charge is 0.278 e. The molecule has 1 aromatic heterocycles. The van der Waals surface area contributed by atoms with Gasteiger partial charge in [-0.1, -0.05) is 30.3 Å². The number of rotatable bonds is 4. The summed E-state index contributed by atoms with van der Waals surface area (Å²) in [5.74, 6) is 0.491. The maximum absolute atomic E-state index is 11.2. The normalized spacial score (nSPS) is 19.5. The van der Waals surface area contributed by atoms with Gasteiger partial charge in [-0.25, -0.2) is 0 Å². The Kier molecular flexibility index (Phi) is 3.19. The number of hydrogen-bond acceptors (Lipinski definition) is 4. The van der Waals surface area contributed by atoms with Gasteiger partial charge >= 0.3 is 0 Å². The molecule has 114 valence electrons. The van der Waals surface area contributed by atoms with Crippen molar-refractivity contribution in [3.63, 3.8) is 0 Å². The van der Waals surface area contributed by atoms with Crippen molar-refractivity contribution in [3.8, 4) is 0 Å². The third kappa shape index (κ3) is 2.50. The van der Waals surface area contributed by atoms with Gasteiger partial charge in [0.2, 0.25) is 0 Å². The highest BCUT2D eigenvalue weighted by Crippen LogP contribution is 2.43. The van der Waals surface area contributed by atoms with E-state index in [1.165, 1.54) is 5.56 Å². The molecule has 2 atom stereocenters. The van der Waals surface area contributed by atoms with Crippen molar-refractivity contribution < 1.29 is 4.92 Å². The van der Waals surface area contributed by atoms with Gasteiger partial charge in [-0.05, 0) is 30.2 Å². The number of nitro benzene ring substituents is 1. The van der Waals surface area contributed by atoms with E-state index in [1.807, 2.05) is 18.2 Å². The van der Waals surface area contributed by atoms with Crippen LogP contribution in [-0.4, -0.2) is 15.9 Å². The van der Waals surface area contributed by atoms with Crippen LogP contribution < -0.4 is 5.32 Å². The Morgan fingerprint density at radius 2 is 1.91 bits per heavy atom. The first-order valence-corrected chi connectivity index (χ1v) is 7.57. The second kappa shape index (κ2) is 5.35.